The molecule has 2 atom stereocenters. The van der Waals surface area contributed by atoms with Crippen molar-refractivity contribution in [2.45, 2.75) is 46.1 Å². The lowest BCUT2D eigenvalue weighted by Gasteiger charge is -2.39. The van der Waals surface area contributed by atoms with Crippen LogP contribution in [0.25, 0.3) is 0 Å². The predicted molar refractivity (Wildman–Crippen MR) is 83.1 cm³/mol. The molecule has 22 heavy (non-hydrogen) atoms. The van der Waals surface area contributed by atoms with Crippen LogP contribution in [0.1, 0.15) is 50.4 Å². The van der Waals surface area contributed by atoms with E-state index in [1.54, 1.807) is 0 Å². The maximum Gasteiger partial charge on any atom is 0.258 e. The van der Waals surface area contributed by atoms with Gasteiger partial charge in [0.1, 0.15) is 0 Å². The molecule has 2 bridgehead atoms. The highest BCUT2D eigenvalue weighted by atomic mass is 16.7. The van der Waals surface area contributed by atoms with Crippen LogP contribution < -0.4 is 9.47 Å². The van der Waals surface area contributed by atoms with E-state index in [4.69, 9.17) is 9.47 Å². The van der Waals surface area contributed by atoms with Crippen molar-refractivity contribution >= 4 is 5.91 Å². The third-order valence-corrected chi connectivity index (χ3v) is 5.30. The summed E-state index contributed by atoms with van der Waals surface area (Å²) in [6.07, 6.45) is 3.39. The van der Waals surface area contributed by atoms with Crippen molar-refractivity contribution in [1.29, 1.82) is 0 Å². The lowest BCUT2D eigenvalue weighted by atomic mass is 9.65. The second-order valence-corrected chi connectivity index (χ2v) is 8.19. The number of hydrogen-bond donors (Lipinski definition) is 0. The number of carbonyl (C=O) groups is 1. The fourth-order valence-corrected chi connectivity index (χ4v) is 4.95. The summed E-state index contributed by atoms with van der Waals surface area (Å²) < 4.78 is 10.9. The van der Waals surface area contributed by atoms with Crippen molar-refractivity contribution in [3.05, 3.63) is 23.8 Å². The Morgan fingerprint density at radius 2 is 2.05 bits per heavy atom. The first-order chi connectivity index (χ1) is 10.4. The fraction of sp³-hybridized carbons (Fsp3) is 0.611. The number of hydrogen-bond acceptors (Lipinski definition) is 3. The molecular formula is C18H23NO3. The Hall–Kier alpha value is -1.71. The standard InChI is InChI=1S/C18H23NO3/c1-17(2)7-12-8-18(3,9-17)10-19(12)16(20)13-5-4-6-14-15(13)22-11-21-14/h4-6,12H,7-11H2,1-3H3. The normalized spacial score (nSPS) is 31.4. The Labute approximate surface area is 131 Å². The van der Waals surface area contributed by atoms with Crippen molar-refractivity contribution in [3.8, 4) is 11.5 Å². The second-order valence-electron chi connectivity index (χ2n) is 8.19. The summed E-state index contributed by atoms with van der Waals surface area (Å²) in [4.78, 5) is 15.2. The topological polar surface area (TPSA) is 38.8 Å². The number of ether oxygens (including phenoxy) is 2. The molecule has 118 valence electrons. The van der Waals surface area contributed by atoms with Gasteiger partial charge < -0.3 is 14.4 Å². The summed E-state index contributed by atoms with van der Waals surface area (Å²) in [6, 6.07) is 5.92. The van der Waals surface area contributed by atoms with Gasteiger partial charge in [-0.05, 0) is 42.2 Å². The molecule has 4 heteroatoms. The number of amides is 1. The molecule has 2 fully saturated rings. The highest BCUT2D eigenvalue weighted by Crippen LogP contribution is 2.53. The number of nitrogens with zero attached hydrogens (tertiary/aromatic N) is 1. The van der Waals surface area contributed by atoms with E-state index in [0.717, 1.165) is 19.4 Å². The minimum atomic E-state index is 0.0915. The number of carbonyl (C=O) groups excluding carboxylic acids is 1. The summed E-state index contributed by atoms with van der Waals surface area (Å²) >= 11 is 0. The molecule has 2 unspecified atom stereocenters. The third-order valence-electron chi connectivity index (χ3n) is 5.30. The molecule has 1 aromatic rings. The van der Waals surface area contributed by atoms with Gasteiger partial charge in [-0.15, -0.1) is 0 Å². The smallest absolute Gasteiger partial charge is 0.258 e. The van der Waals surface area contributed by atoms with Crippen molar-refractivity contribution in [1.82, 2.24) is 4.90 Å². The number of rotatable bonds is 1. The number of benzene rings is 1. The molecule has 3 aliphatic rings. The summed E-state index contributed by atoms with van der Waals surface area (Å²) in [5.74, 6) is 1.38. The molecule has 0 spiro atoms. The van der Waals surface area contributed by atoms with Crippen molar-refractivity contribution in [3.63, 3.8) is 0 Å². The molecule has 0 aromatic heterocycles. The van der Waals surface area contributed by atoms with Crippen molar-refractivity contribution in [2.24, 2.45) is 10.8 Å². The Kier molecular flexibility index (Phi) is 2.78. The van der Waals surface area contributed by atoms with Crippen LogP contribution in [0.3, 0.4) is 0 Å². The number of para-hydroxylation sites is 1. The first kappa shape index (κ1) is 13.9. The van der Waals surface area contributed by atoms with Gasteiger partial charge in [-0.2, -0.15) is 0 Å². The van der Waals surface area contributed by atoms with Gasteiger partial charge in [-0.25, -0.2) is 0 Å². The van der Waals surface area contributed by atoms with E-state index < -0.39 is 0 Å². The van der Waals surface area contributed by atoms with Gasteiger partial charge in [-0.3, -0.25) is 4.79 Å². The first-order valence-corrected chi connectivity index (χ1v) is 8.07. The average molecular weight is 301 g/mol. The molecule has 0 radical (unpaired) electrons. The lowest BCUT2D eigenvalue weighted by Crippen LogP contribution is -2.37. The summed E-state index contributed by atoms with van der Waals surface area (Å²) in [5, 5.41) is 0. The lowest BCUT2D eigenvalue weighted by molar-refractivity contribution is 0.0703. The minimum Gasteiger partial charge on any atom is -0.454 e. The number of fused-ring (bicyclic) bond motifs is 3. The van der Waals surface area contributed by atoms with Crippen LogP contribution in [0.4, 0.5) is 0 Å². The molecule has 1 amide bonds. The summed E-state index contributed by atoms with van der Waals surface area (Å²) in [5.41, 5.74) is 1.20. The van der Waals surface area contributed by atoms with Crippen LogP contribution in [-0.2, 0) is 0 Å². The van der Waals surface area contributed by atoms with E-state index in [2.05, 4.69) is 25.7 Å². The SMILES string of the molecule is CC1(C)CC2CC(C)(CN2C(=O)c2cccc3c2OCO3)C1. The van der Waals surface area contributed by atoms with E-state index in [1.165, 1.54) is 6.42 Å². The van der Waals surface area contributed by atoms with Gasteiger partial charge in [0, 0.05) is 12.6 Å². The fourth-order valence-electron chi connectivity index (χ4n) is 4.95. The van der Waals surface area contributed by atoms with Gasteiger partial charge in [0.15, 0.2) is 11.5 Å². The molecule has 1 saturated carbocycles. The maximum absolute atomic E-state index is 13.1. The van der Waals surface area contributed by atoms with Gasteiger partial charge in [0.05, 0.1) is 5.56 Å². The predicted octanol–water partition coefficient (Wildman–Crippen LogP) is 3.46. The Bertz CT molecular complexity index is 639. The zero-order valence-corrected chi connectivity index (χ0v) is 13.5. The largest absolute Gasteiger partial charge is 0.454 e. The van der Waals surface area contributed by atoms with Crippen LogP contribution in [0.5, 0.6) is 11.5 Å². The molecule has 4 nitrogen and oxygen atoms in total. The van der Waals surface area contributed by atoms with Crippen LogP contribution in [0, 0.1) is 10.8 Å². The van der Waals surface area contributed by atoms with Gasteiger partial charge in [0.2, 0.25) is 6.79 Å². The van der Waals surface area contributed by atoms with Crippen LogP contribution in [-0.4, -0.2) is 30.2 Å². The summed E-state index contributed by atoms with van der Waals surface area (Å²) in [6.45, 7) is 8.02. The van der Waals surface area contributed by atoms with Gasteiger partial charge >= 0.3 is 0 Å². The highest BCUT2D eigenvalue weighted by molar-refractivity contribution is 5.98. The van der Waals surface area contributed by atoms with E-state index in [-0.39, 0.29) is 18.1 Å². The quantitative estimate of drug-likeness (QED) is 0.797. The first-order valence-electron chi connectivity index (χ1n) is 8.07. The molecule has 1 aliphatic carbocycles. The number of likely N-dealkylation sites (tertiary alicyclic amines) is 1. The van der Waals surface area contributed by atoms with Crippen LogP contribution in [0.15, 0.2) is 18.2 Å². The van der Waals surface area contributed by atoms with Crippen molar-refractivity contribution in [2.75, 3.05) is 13.3 Å². The molecule has 2 aliphatic heterocycles. The zero-order valence-electron chi connectivity index (χ0n) is 13.5. The Morgan fingerprint density at radius 3 is 2.86 bits per heavy atom. The highest BCUT2D eigenvalue weighted by Gasteiger charge is 2.51. The Balaban J connectivity index is 1.66. The van der Waals surface area contributed by atoms with E-state index in [1.807, 2.05) is 18.2 Å². The molecule has 4 rings (SSSR count). The van der Waals surface area contributed by atoms with Crippen LogP contribution in [0.2, 0.25) is 0 Å². The molecule has 0 N–H and O–H groups in total. The molecule has 1 saturated heterocycles. The second kappa shape index (κ2) is 4.40. The zero-order chi connectivity index (χ0) is 15.5. The van der Waals surface area contributed by atoms with Crippen molar-refractivity contribution < 1.29 is 14.3 Å². The Morgan fingerprint density at radius 1 is 1.23 bits per heavy atom. The monoisotopic (exact) mass is 301 g/mol. The molecule has 2 heterocycles. The van der Waals surface area contributed by atoms with E-state index in [9.17, 15) is 4.79 Å². The van der Waals surface area contributed by atoms with Gasteiger partial charge in [-0.1, -0.05) is 26.8 Å². The average Bonchev–Trinajstić information content (AvgIpc) is 2.98. The van der Waals surface area contributed by atoms with E-state index in [0.29, 0.717) is 28.5 Å². The third kappa shape index (κ3) is 2.08. The minimum absolute atomic E-state index is 0.0915. The molecular weight excluding hydrogens is 278 g/mol. The maximum atomic E-state index is 13.1. The van der Waals surface area contributed by atoms with E-state index >= 15 is 0 Å². The molecule has 1 aromatic carbocycles. The van der Waals surface area contributed by atoms with Crippen LogP contribution >= 0.6 is 0 Å². The van der Waals surface area contributed by atoms with Gasteiger partial charge in [0.25, 0.3) is 5.91 Å². The summed E-state index contributed by atoms with van der Waals surface area (Å²) in [7, 11) is 0.